The molecule has 0 radical (unpaired) electrons. The number of ether oxygens (including phenoxy) is 2. The molecule has 0 fully saturated rings. The Morgan fingerprint density at radius 2 is 2.07 bits per heavy atom. The molecule has 9 heteroatoms. The third kappa shape index (κ3) is 3.24. The summed E-state index contributed by atoms with van der Waals surface area (Å²) < 4.78 is 28.2. The monoisotopic (exact) mass is 425 g/mol. The molecule has 0 saturated carbocycles. The molecule has 152 valence electrons. The van der Waals surface area contributed by atoms with Gasteiger partial charge in [-0.3, -0.25) is 4.98 Å². The Morgan fingerprint density at radius 3 is 2.97 bits per heavy atom. The van der Waals surface area contributed by atoms with Crippen molar-refractivity contribution >= 4 is 34.0 Å². The number of anilines is 2. The summed E-state index contributed by atoms with van der Waals surface area (Å²) in [6.07, 6.45) is 3.35. The third-order valence-corrected chi connectivity index (χ3v) is 5.20. The number of nitrogens with zero attached hydrogens (tertiary/aromatic N) is 4. The highest BCUT2D eigenvalue weighted by Gasteiger charge is 2.18. The number of halogens is 2. The van der Waals surface area contributed by atoms with Crippen molar-refractivity contribution in [1.29, 1.82) is 0 Å². The number of hydrogen-bond donors (Lipinski definition) is 1. The van der Waals surface area contributed by atoms with E-state index in [1.807, 2.05) is 12.1 Å². The van der Waals surface area contributed by atoms with Crippen LogP contribution in [-0.4, -0.2) is 33.0 Å². The largest absolute Gasteiger partial charge is 0.475 e. The molecule has 4 aromatic rings. The van der Waals surface area contributed by atoms with Gasteiger partial charge in [0, 0.05) is 18.8 Å². The first kappa shape index (κ1) is 18.8. The summed E-state index contributed by atoms with van der Waals surface area (Å²) in [4.78, 5) is 9.16. The van der Waals surface area contributed by atoms with E-state index >= 15 is 0 Å². The molecule has 5 rings (SSSR count). The van der Waals surface area contributed by atoms with E-state index in [1.54, 1.807) is 36.3 Å². The van der Waals surface area contributed by atoms with Crippen molar-refractivity contribution in [2.45, 2.75) is 6.61 Å². The Kier molecular flexibility index (Phi) is 4.72. The minimum absolute atomic E-state index is 0.0257. The topological polar surface area (TPSA) is 74.1 Å². The van der Waals surface area contributed by atoms with Gasteiger partial charge in [-0.1, -0.05) is 17.7 Å². The van der Waals surface area contributed by atoms with Crippen LogP contribution >= 0.6 is 11.6 Å². The number of aromatic nitrogens is 4. The van der Waals surface area contributed by atoms with Crippen LogP contribution in [-0.2, 0) is 18.4 Å². The zero-order valence-corrected chi connectivity index (χ0v) is 16.8. The van der Waals surface area contributed by atoms with Gasteiger partial charge in [0.05, 0.1) is 52.6 Å². The second kappa shape index (κ2) is 7.55. The van der Waals surface area contributed by atoms with Crippen molar-refractivity contribution in [2.24, 2.45) is 7.05 Å². The Hall–Kier alpha value is -3.23. The second-order valence-electron chi connectivity index (χ2n) is 6.83. The molecule has 1 aliphatic rings. The molecular weight excluding hydrogens is 409 g/mol. The fourth-order valence-electron chi connectivity index (χ4n) is 3.41. The van der Waals surface area contributed by atoms with E-state index in [1.165, 1.54) is 6.07 Å². The lowest BCUT2D eigenvalue weighted by molar-refractivity contribution is 0.0864. The molecule has 2 bridgehead atoms. The van der Waals surface area contributed by atoms with Crippen molar-refractivity contribution in [3.63, 3.8) is 0 Å². The molecule has 0 saturated heterocycles. The predicted molar refractivity (Wildman–Crippen MR) is 112 cm³/mol. The van der Waals surface area contributed by atoms with Gasteiger partial charge in [-0.2, -0.15) is 5.10 Å². The van der Waals surface area contributed by atoms with Crippen molar-refractivity contribution in [3.8, 4) is 17.1 Å². The maximum absolute atomic E-state index is 14.9. The van der Waals surface area contributed by atoms with Crippen molar-refractivity contribution in [2.75, 3.05) is 18.5 Å². The van der Waals surface area contributed by atoms with Crippen LogP contribution in [0.1, 0.15) is 5.56 Å². The smallest absolute Gasteiger partial charge is 0.221 e. The number of fused-ring (bicyclic) bond motifs is 4. The molecule has 30 heavy (non-hydrogen) atoms. The molecule has 7 nitrogen and oxygen atoms in total. The molecule has 0 spiro atoms. The highest BCUT2D eigenvalue weighted by Crippen LogP contribution is 2.34. The first-order valence-electron chi connectivity index (χ1n) is 9.34. The molecule has 1 aliphatic heterocycles. The molecule has 4 heterocycles. The van der Waals surface area contributed by atoms with Gasteiger partial charge in [0.2, 0.25) is 5.88 Å². The first-order valence-corrected chi connectivity index (χ1v) is 9.72. The Bertz CT molecular complexity index is 1260. The molecule has 1 aromatic carbocycles. The molecule has 0 unspecified atom stereocenters. The summed E-state index contributed by atoms with van der Waals surface area (Å²) in [6, 6.07) is 8.72. The van der Waals surface area contributed by atoms with Gasteiger partial charge >= 0.3 is 0 Å². The maximum atomic E-state index is 14.9. The fourth-order valence-corrected chi connectivity index (χ4v) is 3.57. The summed E-state index contributed by atoms with van der Waals surface area (Å²) in [5, 5.41) is 7.48. The second-order valence-corrected chi connectivity index (χ2v) is 7.24. The summed E-state index contributed by atoms with van der Waals surface area (Å²) in [5.41, 5.74) is 4.18. The standard InChI is InChI=1S/C21H17ClFN5O2/c1-28-21-13(10-25-28)15-4-5-16-20(26-15)17(6-7-24-16)27-19-12(11-29-8-9-30-21)2-3-14(22)18(19)23/h2-7,10,27H,8-9,11H2,1H3. The van der Waals surface area contributed by atoms with Crippen LogP contribution in [0.25, 0.3) is 22.3 Å². The average molecular weight is 426 g/mol. The zero-order chi connectivity index (χ0) is 20.7. The van der Waals surface area contributed by atoms with Gasteiger partial charge in [-0.05, 0) is 24.3 Å². The van der Waals surface area contributed by atoms with Crippen LogP contribution in [0.3, 0.4) is 0 Å². The van der Waals surface area contributed by atoms with Crippen molar-refractivity contribution < 1.29 is 13.9 Å². The fraction of sp³-hybridized carbons (Fsp3) is 0.190. The average Bonchev–Trinajstić information content (AvgIpc) is 3.12. The SMILES string of the molecule is Cn1ncc2c1OCCOCc1ccc(Cl)c(F)c1Nc1ccnc3ccc-2nc13. The van der Waals surface area contributed by atoms with E-state index < -0.39 is 5.82 Å². The van der Waals surface area contributed by atoms with E-state index in [0.29, 0.717) is 47.1 Å². The molecule has 0 aliphatic carbocycles. The Labute approximate surface area is 176 Å². The summed E-state index contributed by atoms with van der Waals surface area (Å²) in [6.45, 7) is 0.826. The summed E-state index contributed by atoms with van der Waals surface area (Å²) >= 11 is 6.03. The van der Waals surface area contributed by atoms with Crippen LogP contribution in [0.15, 0.2) is 42.7 Å². The van der Waals surface area contributed by atoms with Crippen LogP contribution in [0.2, 0.25) is 5.02 Å². The van der Waals surface area contributed by atoms with Gasteiger partial charge in [-0.25, -0.2) is 14.1 Å². The highest BCUT2D eigenvalue weighted by atomic mass is 35.5. The van der Waals surface area contributed by atoms with E-state index in [2.05, 4.69) is 15.4 Å². The number of nitrogens with one attached hydrogen (secondary N) is 1. The van der Waals surface area contributed by atoms with Crippen LogP contribution in [0, 0.1) is 5.82 Å². The Balaban J connectivity index is 1.72. The van der Waals surface area contributed by atoms with Crippen molar-refractivity contribution in [1.82, 2.24) is 19.7 Å². The van der Waals surface area contributed by atoms with Crippen LogP contribution < -0.4 is 10.1 Å². The summed E-state index contributed by atoms with van der Waals surface area (Å²) in [5.74, 6) is 0.0518. The van der Waals surface area contributed by atoms with Gasteiger partial charge in [0.15, 0.2) is 5.82 Å². The zero-order valence-electron chi connectivity index (χ0n) is 16.0. The van der Waals surface area contributed by atoms with E-state index in [-0.39, 0.29) is 17.3 Å². The van der Waals surface area contributed by atoms with Gasteiger partial charge in [0.25, 0.3) is 0 Å². The lowest BCUT2D eigenvalue weighted by Gasteiger charge is -2.17. The first-order chi connectivity index (χ1) is 14.6. The molecule has 0 atom stereocenters. The molecular formula is C21H17ClFN5O2. The van der Waals surface area contributed by atoms with E-state index in [9.17, 15) is 4.39 Å². The maximum Gasteiger partial charge on any atom is 0.221 e. The number of hydrogen-bond acceptors (Lipinski definition) is 6. The highest BCUT2D eigenvalue weighted by molar-refractivity contribution is 6.31. The lowest BCUT2D eigenvalue weighted by Crippen LogP contribution is -2.11. The molecule has 0 amide bonds. The number of pyridine rings is 2. The third-order valence-electron chi connectivity index (χ3n) is 4.91. The van der Waals surface area contributed by atoms with Crippen molar-refractivity contribution in [3.05, 3.63) is 59.1 Å². The van der Waals surface area contributed by atoms with Gasteiger partial charge in [0.1, 0.15) is 12.1 Å². The summed E-state index contributed by atoms with van der Waals surface area (Å²) in [7, 11) is 1.81. The number of aryl methyl sites for hydroxylation is 1. The Morgan fingerprint density at radius 1 is 1.17 bits per heavy atom. The van der Waals surface area contributed by atoms with Gasteiger partial charge in [-0.15, -0.1) is 0 Å². The minimum atomic E-state index is -0.545. The van der Waals surface area contributed by atoms with E-state index in [0.717, 1.165) is 5.56 Å². The number of benzene rings is 1. The van der Waals surface area contributed by atoms with E-state index in [4.69, 9.17) is 26.1 Å². The lowest BCUT2D eigenvalue weighted by atomic mass is 10.1. The van der Waals surface area contributed by atoms with Crippen LogP contribution in [0.5, 0.6) is 5.88 Å². The predicted octanol–water partition coefficient (Wildman–Crippen LogP) is 4.48. The van der Waals surface area contributed by atoms with Crippen LogP contribution in [0.4, 0.5) is 15.8 Å². The normalized spacial score (nSPS) is 13.8. The van der Waals surface area contributed by atoms with Gasteiger partial charge < -0.3 is 14.8 Å². The minimum Gasteiger partial charge on any atom is -0.475 e. The number of rotatable bonds is 0. The quantitative estimate of drug-likeness (QED) is 0.448. The molecule has 1 N–H and O–H groups in total. The molecule has 3 aromatic heterocycles.